The van der Waals surface area contributed by atoms with Crippen LogP contribution >= 0.6 is 0 Å². The molecule has 1 aliphatic rings. The van der Waals surface area contributed by atoms with Crippen LogP contribution in [-0.2, 0) is 6.42 Å². The molecule has 0 saturated heterocycles. The standard InChI is InChI=1S/C18H21FN4O/c19-15-7-5-13(6-8-15)9-10-20-17(24)14-11-21-18(22-12-14)23-16-3-1-2-4-16/h5-8,11-12,16H,1-4,9-10H2,(H,20,24)(H,21,22,23). The van der Waals surface area contributed by atoms with Gasteiger partial charge in [-0.05, 0) is 37.0 Å². The van der Waals surface area contributed by atoms with Gasteiger partial charge in [0, 0.05) is 25.0 Å². The molecule has 1 heterocycles. The number of nitrogens with one attached hydrogen (secondary N) is 2. The number of hydrogen-bond donors (Lipinski definition) is 2. The highest BCUT2D eigenvalue weighted by Gasteiger charge is 2.15. The fourth-order valence-electron chi connectivity index (χ4n) is 2.85. The van der Waals surface area contributed by atoms with E-state index < -0.39 is 0 Å². The van der Waals surface area contributed by atoms with Crippen LogP contribution in [0.3, 0.4) is 0 Å². The van der Waals surface area contributed by atoms with Gasteiger partial charge in [-0.1, -0.05) is 25.0 Å². The zero-order chi connectivity index (χ0) is 16.8. The smallest absolute Gasteiger partial charge is 0.254 e. The molecule has 1 aromatic heterocycles. The molecule has 5 nitrogen and oxygen atoms in total. The topological polar surface area (TPSA) is 66.9 Å². The Morgan fingerprint density at radius 1 is 1.12 bits per heavy atom. The van der Waals surface area contributed by atoms with Crippen molar-refractivity contribution in [3.8, 4) is 0 Å². The Bertz CT molecular complexity index is 666. The normalized spacial score (nSPS) is 14.5. The molecule has 2 N–H and O–H groups in total. The van der Waals surface area contributed by atoms with E-state index in [-0.39, 0.29) is 11.7 Å². The maximum atomic E-state index is 12.8. The van der Waals surface area contributed by atoms with Gasteiger partial charge in [-0.15, -0.1) is 0 Å². The molecule has 1 aromatic carbocycles. The van der Waals surface area contributed by atoms with E-state index in [0.29, 0.717) is 30.5 Å². The van der Waals surface area contributed by atoms with Gasteiger partial charge in [0.15, 0.2) is 0 Å². The van der Waals surface area contributed by atoms with Crippen LogP contribution in [0.4, 0.5) is 10.3 Å². The first kappa shape index (κ1) is 16.4. The van der Waals surface area contributed by atoms with Gasteiger partial charge in [0.2, 0.25) is 5.95 Å². The second kappa shape index (κ2) is 7.86. The van der Waals surface area contributed by atoms with E-state index in [1.165, 1.54) is 37.4 Å². The summed E-state index contributed by atoms with van der Waals surface area (Å²) in [6, 6.07) is 6.71. The van der Waals surface area contributed by atoms with Crippen molar-refractivity contribution < 1.29 is 9.18 Å². The van der Waals surface area contributed by atoms with Crippen molar-refractivity contribution in [1.82, 2.24) is 15.3 Å². The van der Waals surface area contributed by atoms with Crippen molar-refractivity contribution in [2.24, 2.45) is 0 Å². The van der Waals surface area contributed by atoms with Crippen molar-refractivity contribution >= 4 is 11.9 Å². The van der Waals surface area contributed by atoms with Gasteiger partial charge in [-0.3, -0.25) is 4.79 Å². The van der Waals surface area contributed by atoms with Gasteiger partial charge in [0.1, 0.15) is 5.82 Å². The van der Waals surface area contributed by atoms with E-state index in [1.807, 2.05) is 0 Å². The van der Waals surface area contributed by atoms with E-state index in [0.717, 1.165) is 18.4 Å². The van der Waals surface area contributed by atoms with E-state index in [4.69, 9.17) is 0 Å². The van der Waals surface area contributed by atoms with Crippen molar-refractivity contribution in [2.45, 2.75) is 38.1 Å². The summed E-state index contributed by atoms with van der Waals surface area (Å²) in [7, 11) is 0. The van der Waals surface area contributed by atoms with Gasteiger partial charge in [0.05, 0.1) is 5.56 Å². The number of nitrogens with zero attached hydrogens (tertiary/aromatic N) is 2. The molecule has 2 aromatic rings. The molecule has 0 aliphatic heterocycles. The molecule has 1 fully saturated rings. The summed E-state index contributed by atoms with van der Waals surface area (Å²) in [5, 5.41) is 6.11. The number of amides is 1. The van der Waals surface area contributed by atoms with Gasteiger partial charge < -0.3 is 10.6 Å². The Labute approximate surface area is 140 Å². The molecule has 6 heteroatoms. The predicted molar refractivity (Wildman–Crippen MR) is 90.3 cm³/mol. The SMILES string of the molecule is O=C(NCCc1ccc(F)cc1)c1cnc(NC2CCCC2)nc1. The third-order valence-corrected chi connectivity index (χ3v) is 4.21. The Kier molecular flexibility index (Phi) is 5.36. The number of carbonyl (C=O) groups excluding carboxylic acids is 1. The monoisotopic (exact) mass is 328 g/mol. The van der Waals surface area contributed by atoms with Crippen LogP contribution in [0.15, 0.2) is 36.7 Å². The van der Waals surface area contributed by atoms with Crippen molar-refractivity contribution in [3.63, 3.8) is 0 Å². The van der Waals surface area contributed by atoms with Gasteiger partial charge in [-0.2, -0.15) is 0 Å². The minimum Gasteiger partial charge on any atom is -0.352 e. The minimum absolute atomic E-state index is 0.204. The third kappa shape index (κ3) is 4.50. The summed E-state index contributed by atoms with van der Waals surface area (Å²) in [6.07, 6.45) is 8.51. The highest BCUT2D eigenvalue weighted by Crippen LogP contribution is 2.20. The van der Waals surface area contributed by atoms with Crippen molar-refractivity contribution in [1.29, 1.82) is 0 Å². The quantitative estimate of drug-likeness (QED) is 0.855. The molecule has 0 atom stereocenters. The van der Waals surface area contributed by atoms with Crippen LogP contribution in [0, 0.1) is 5.82 Å². The number of hydrogen-bond acceptors (Lipinski definition) is 4. The van der Waals surface area contributed by atoms with Crippen LogP contribution in [0.1, 0.15) is 41.6 Å². The Hall–Kier alpha value is -2.50. The number of carbonyl (C=O) groups is 1. The summed E-state index contributed by atoms with van der Waals surface area (Å²) in [4.78, 5) is 20.5. The molecular formula is C18H21FN4O. The highest BCUT2D eigenvalue weighted by atomic mass is 19.1. The molecule has 24 heavy (non-hydrogen) atoms. The first-order valence-corrected chi connectivity index (χ1v) is 8.32. The first-order chi connectivity index (χ1) is 11.7. The zero-order valence-corrected chi connectivity index (χ0v) is 13.5. The summed E-state index contributed by atoms with van der Waals surface area (Å²) >= 11 is 0. The maximum Gasteiger partial charge on any atom is 0.254 e. The largest absolute Gasteiger partial charge is 0.352 e. The molecule has 0 spiro atoms. The lowest BCUT2D eigenvalue weighted by Crippen LogP contribution is -2.26. The summed E-state index contributed by atoms with van der Waals surface area (Å²) in [5.41, 5.74) is 1.41. The second-order valence-corrected chi connectivity index (χ2v) is 6.05. The molecule has 0 bridgehead atoms. The number of halogens is 1. The number of anilines is 1. The summed E-state index contributed by atoms with van der Waals surface area (Å²) < 4.78 is 12.8. The average Bonchev–Trinajstić information content (AvgIpc) is 3.10. The van der Waals surface area contributed by atoms with Crippen LogP contribution in [-0.4, -0.2) is 28.5 Å². The van der Waals surface area contributed by atoms with Crippen molar-refractivity contribution in [3.05, 3.63) is 53.6 Å². The van der Waals surface area contributed by atoms with E-state index in [1.54, 1.807) is 12.1 Å². The molecule has 1 aliphatic carbocycles. The number of aromatic nitrogens is 2. The lowest BCUT2D eigenvalue weighted by atomic mass is 10.1. The van der Waals surface area contributed by atoms with Gasteiger partial charge in [0.25, 0.3) is 5.91 Å². The highest BCUT2D eigenvalue weighted by molar-refractivity contribution is 5.93. The molecule has 0 radical (unpaired) electrons. The molecular weight excluding hydrogens is 307 g/mol. The average molecular weight is 328 g/mol. The number of rotatable bonds is 6. The van der Waals surface area contributed by atoms with Crippen molar-refractivity contribution in [2.75, 3.05) is 11.9 Å². The minimum atomic E-state index is -0.258. The molecule has 0 unspecified atom stereocenters. The lowest BCUT2D eigenvalue weighted by molar-refractivity contribution is 0.0953. The Morgan fingerprint density at radius 3 is 2.46 bits per heavy atom. The maximum absolute atomic E-state index is 12.8. The van der Waals surface area contributed by atoms with Crippen LogP contribution in [0.25, 0.3) is 0 Å². The van der Waals surface area contributed by atoms with E-state index in [2.05, 4.69) is 20.6 Å². The summed E-state index contributed by atoms with van der Waals surface area (Å²) in [6.45, 7) is 0.479. The molecule has 3 rings (SSSR count). The molecule has 1 amide bonds. The lowest BCUT2D eigenvalue weighted by Gasteiger charge is -2.11. The molecule has 126 valence electrons. The Morgan fingerprint density at radius 2 is 1.79 bits per heavy atom. The summed E-state index contributed by atoms with van der Waals surface area (Å²) in [5.74, 6) is 0.112. The van der Waals surface area contributed by atoms with Crippen LogP contribution in [0.2, 0.25) is 0 Å². The van der Waals surface area contributed by atoms with Crippen LogP contribution in [0.5, 0.6) is 0 Å². The molecule has 1 saturated carbocycles. The fraction of sp³-hybridized carbons (Fsp3) is 0.389. The zero-order valence-electron chi connectivity index (χ0n) is 13.5. The second-order valence-electron chi connectivity index (χ2n) is 6.05. The van der Waals surface area contributed by atoms with Crippen LogP contribution < -0.4 is 10.6 Å². The van der Waals surface area contributed by atoms with E-state index >= 15 is 0 Å². The Balaban J connectivity index is 1.46. The van der Waals surface area contributed by atoms with Gasteiger partial charge >= 0.3 is 0 Å². The van der Waals surface area contributed by atoms with Gasteiger partial charge in [-0.25, -0.2) is 14.4 Å². The number of benzene rings is 1. The van der Waals surface area contributed by atoms with E-state index in [9.17, 15) is 9.18 Å². The predicted octanol–water partition coefficient (Wildman–Crippen LogP) is 2.94. The fourth-order valence-corrected chi connectivity index (χ4v) is 2.85. The first-order valence-electron chi connectivity index (χ1n) is 8.32. The third-order valence-electron chi connectivity index (χ3n) is 4.21.